The van der Waals surface area contributed by atoms with E-state index in [0.717, 1.165) is 17.7 Å². The van der Waals surface area contributed by atoms with Gasteiger partial charge in [0.1, 0.15) is 29.1 Å². The van der Waals surface area contributed by atoms with Crippen molar-refractivity contribution in [3.8, 4) is 6.07 Å². The lowest BCUT2D eigenvalue weighted by atomic mass is 9.92. The molecule has 2 heterocycles. The topological polar surface area (TPSA) is 115 Å². The molecule has 3 rings (SSSR count). The van der Waals surface area contributed by atoms with Crippen LogP contribution in [0, 0.1) is 25.2 Å². The Hall–Kier alpha value is -2.82. The Bertz CT molecular complexity index is 816. The smallest absolute Gasteiger partial charge is 0.325 e. The average Bonchev–Trinajstić information content (AvgIpc) is 3.23. The van der Waals surface area contributed by atoms with E-state index >= 15 is 0 Å². The Morgan fingerprint density at radius 2 is 2.04 bits per heavy atom. The Morgan fingerprint density at radius 1 is 1.38 bits per heavy atom. The van der Waals surface area contributed by atoms with Gasteiger partial charge in [0.25, 0.3) is 5.91 Å². The molecule has 2 N–H and O–H groups in total. The van der Waals surface area contributed by atoms with E-state index in [1.165, 1.54) is 0 Å². The summed E-state index contributed by atoms with van der Waals surface area (Å²) in [7, 11) is 0. The fourth-order valence-corrected chi connectivity index (χ4v) is 3.84. The van der Waals surface area contributed by atoms with Gasteiger partial charge in [-0.25, -0.2) is 4.79 Å². The maximum Gasteiger partial charge on any atom is 0.325 e. The molecule has 1 unspecified atom stereocenters. The molecule has 1 aromatic rings. The second kappa shape index (κ2) is 6.16. The number of amides is 4. The fourth-order valence-electron chi connectivity index (χ4n) is 3.84. The summed E-state index contributed by atoms with van der Waals surface area (Å²) in [6.07, 6.45) is 2.91. The summed E-state index contributed by atoms with van der Waals surface area (Å²) in [5, 5.41) is 14.7. The van der Waals surface area contributed by atoms with Crippen molar-refractivity contribution >= 4 is 17.8 Å². The lowest BCUT2D eigenvalue weighted by Gasteiger charge is -2.24. The van der Waals surface area contributed by atoms with Crippen molar-refractivity contribution in [1.82, 2.24) is 15.5 Å². The van der Waals surface area contributed by atoms with Gasteiger partial charge in [0.15, 0.2) is 0 Å². The number of rotatable bonds is 4. The first-order valence-electron chi connectivity index (χ1n) is 8.65. The third kappa shape index (κ3) is 2.83. The van der Waals surface area contributed by atoms with Crippen LogP contribution < -0.4 is 10.6 Å². The zero-order valence-corrected chi connectivity index (χ0v) is 15.1. The number of urea groups is 1. The minimum atomic E-state index is -1.28. The van der Waals surface area contributed by atoms with Crippen LogP contribution in [0.3, 0.4) is 0 Å². The van der Waals surface area contributed by atoms with Gasteiger partial charge in [-0.1, -0.05) is 0 Å². The minimum absolute atomic E-state index is 0.417. The molecule has 0 aromatic carbocycles. The number of imide groups is 1. The molecule has 26 heavy (non-hydrogen) atoms. The summed E-state index contributed by atoms with van der Waals surface area (Å²) in [5.74, 6) is 0.147. The van der Waals surface area contributed by atoms with Gasteiger partial charge in [-0.05, 0) is 52.5 Å². The molecule has 1 aliphatic heterocycles. The van der Waals surface area contributed by atoms with E-state index in [0.29, 0.717) is 29.9 Å². The number of nitrogens with one attached hydrogen (secondary N) is 2. The van der Waals surface area contributed by atoms with Crippen LogP contribution >= 0.6 is 0 Å². The first-order valence-corrected chi connectivity index (χ1v) is 8.65. The molecule has 1 saturated carbocycles. The summed E-state index contributed by atoms with van der Waals surface area (Å²) < 4.78 is 5.47. The highest BCUT2D eigenvalue weighted by Crippen LogP contribution is 2.33. The standard InChI is InChI=1S/C18H22N4O4/c1-11-8-13(12(2)26-11)17(3)15(24)22(16(25)21-17)9-14(23)20-18(10-19)6-4-5-7-18/h8H,4-7,9H2,1-3H3,(H,20,23)(H,21,25). The maximum absolute atomic E-state index is 12.9. The first kappa shape index (κ1) is 18.0. The van der Waals surface area contributed by atoms with Crippen molar-refractivity contribution < 1.29 is 18.8 Å². The third-order valence-corrected chi connectivity index (χ3v) is 5.21. The van der Waals surface area contributed by atoms with Crippen LogP contribution in [-0.2, 0) is 15.1 Å². The number of furan rings is 1. The van der Waals surface area contributed by atoms with Gasteiger partial charge in [-0.2, -0.15) is 5.26 Å². The highest BCUT2D eigenvalue weighted by molar-refractivity contribution is 6.09. The van der Waals surface area contributed by atoms with Crippen LogP contribution in [0.15, 0.2) is 10.5 Å². The van der Waals surface area contributed by atoms with Gasteiger partial charge in [0.2, 0.25) is 5.91 Å². The molecule has 2 fully saturated rings. The molecule has 1 aromatic heterocycles. The van der Waals surface area contributed by atoms with Crippen molar-refractivity contribution in [1.29, 1.82) is 5.26 Å². The van der Waals surface area contributed by atoms with Crippen molar-refractivity contribution in [3.05, 3.63) is 23.2 Å². The van der Waals surface area contributed by atoms with Crippen LogP contribution in [0.4, 0.5) is 4.79 Å². The van der Waals surface area contributed by atoms with Gasteiger partial charge in [0.05, 0.1) is 6.07 Å². The minimum Gasteiger partial charge on any atom is -0.466 e. The molecule has 4 amide bonds. The molecule has 0 bridgehead atoms. The van der Waals surface area contributed by atoms with E-state index in [4.69, 9.17) is 4.42 Å². The summed E-state index contributed by atoms with van der Waals surface area (Å²) in [6.45, 7) is 4.66. The van der Waals surface area contributed by atoms with E-state index in [-0.39, 0.29) is 0 Å². The van der Waals surface area contributed by atoms with Crippen LogP contribution in [0.25, 0.3) is 0 Å². The Kier molecular flexibility index (Phi) is 4.26. The molecule has 8 nitrogen and oxygen atoms in total. The molecule has 1 saturated heterocycles. The molecule has 1 atom stereocenters. The molecular formula is C18H22N4O4. The van der Waals surface area contributed by atoms with Crippen molar-refractivity contribution in [2.45, 2.75) is 57.5 Å². The van der Waals surface area contributed by atoms with Crippen LogP contribution in [-0.4, -0.2) is 34.8 Å². The summed E-state index contributed by atoms with van der Waals surface area (Å²) >= 11 is 0. The molecule has 138 valence electrons. The molecule has 2 aliphatic rings. The monoisotopic (exact) mass is 358 g/mol. The van der Waals surface area contributed by atoms with Gasteiger partial charge in [-0.15, -0.1) is 0 Å². The number of carbonyl (C=O) groups is 3. The van der Waals surface area contributed by atoms with E-state index < -0.39 is 35.5 Å². The SMILES string of the molecule is Cc1cc(C2(C)NC(=O)N(CC(=O)NC3(C#N)CCCC3)C2=O)c(C)o1. The van der Waals surface area contributed by atoms with Crippen molar-refractivity contribution in [2.24, 2.45) is 0 Å². The number of aryl methyl sites for hydroxylation is 2. The molecule has 0 radical (unpaired) electrons. The first-order chi connectivity index (χ1) is 12.2. The number of nitriles is 1. The third-order valence-electron chi connectivity index (χ3n) is 5.21. The highest BCUT2D eigenvalue weighted by atomic mass is 16.3. The van der Waals surface area contributed by atoms with Crippen LogP contribution in [0.2, 0.25) is 0 Å². The van der Waals surface area contributed by atoms with E-state index in [9.17, 15) is 19.6 Å². The Labute approximate surface area is 151 Å². The largest absolute Gasteiger partial charge is 0.466 e. The van der Waals surface area contributed by atoms with E-state index in [1.54, 1.807) is 26.8 Å². The molecular weight excluding hydrogens is 336 g/mol. The van der Waals surface area contributed by atoms with Crippen LogP contribution in [0.1, 0.15) is 49.7 Å². The summed E-state index contributed by atoms with van der Waals surface area (Å²) in [6, 6.07) is 3.23. The zero-order valence-electron chi connectivity index (χ0n) is 15.1. The molecule has 1 aliphatic carbocycles. The van der Waals surface area contributed by atoms with E-state index in [1.807, 2.05) is 0 Å². The average molecular weight is 358 g/mol. The van der Waals surface area contributed by atoms with Crippen molar-refractivity contribution in [3.63, 3.8) is 0 Å². The number of carbonyl (C=O) groups excluding carboxylic acids is 3. The predicted octanol–water partition coefficient (Wildman–Crippen LogP) is 1.62. The number of hydrogen-bond donors (Lipinski definition) is 2. The lowest BCUT2D eigenvalue weighted by Crippen LogP contribution is -2.50. The quantitative estimate of drug-likeness (QED) is 0.794. The fraction of sp³-hybridized carbons (Fsp3) is 0.556. The van der Waals surface area contributed by atoms with Gasteiger partial charge in [0, 0.05) is 5.56 Å². The van der Waals surface area contributed by atoms with Crippen LogP contribution in [0.5, 0.6) is 0 Å². The molecule has 8 heteroatoms. The predicted molar refractivity (Wildman–Crippen MR) is 90.7 cm³/mol. The zero-order chi connectivity index (χ0) is 19.1. The molecule has 0 spiro atoms. The second-order valence-electron chi connectivity index (χ2n) is 7.22. The lowest BCUT2D eigenvalue weighted by molar-refractivity contribution is -0.135. The highest BCUT2D eigenvalue weighted by Gasteiger charge is 2.51. The normalized spacial score (nSPS) is 24.5. The number of hydrogen-bond acceptors (Lipinski definition) is 5. The van der Waals surface area contributed by atoms with E-state index in [2.05, 4.69) is 16.7 Å². The summed E-state index contributed by atoms with van der Waals surface area (Å²) in [4.78, 5) is 38.5. The maximum atomic E-state index is 12.9. The number of nitrogens with zero attached hydrogens (tertiary/aromatic N) is 2. The van der Waals surface area contributed by atoms with Gasteiger partial charge in [-0.3, -0.25) is 14.5 Å². The summed E-state index contributed by atoms with van der Waals surface area (Å²) in [5.41, 5.74) is -1.60. The van der Waals surface area contributed by atoms with Gasteiger partial charge < -0.3 is 15.1 Å². The Morgan fingerprint density at radius 3 is 2.58 bits per heavy atom. The second-order valence-corrected chi connectivity index (χ2v) is 7.22. The Balaban J connectivity index is 1.76. The van der Waals surface area contributed by atoms with Crippen molar-refractivity contribution in [2.75, 3.05) is 6.54 Å². The van der Waals surface area contributed by atoms with Gasteiger partial charge >= 0.3 is 6.03 Å².